The van der Waals surface area contributed by atoms with Gasteiger partial charge in [-0.2, -0.15) is 0 Å². The van der Waals surface area contributed by atoms with Crippen molar-refractivity contribution in [3.8, 4) is 0 Å². The molecule has 1 aromatic rings. The molecule has 0 saturated carbocycles. The Balaban J connectivity index is 2.62. The van der Waals surface area contributed by atoms with Crippen molar-refractivity contribution >= 4 is 34.6 Å². The first-order valence-electron chi connectivity index (χ1n) is 5.87. The van der Waals surface area contributed by atoms with Crippen LogP contribution < -0.4 is 5.32 Å². The third-order valence-electron chi connectivity index (χ3n) is 2.25. The van der Waals surface area contributed by atoms with Crippen LogP contribution in [0.2, 0.25) is 10.0 Å². The van der Waals surface area contributed by atoms with Crippen LogP contribution in [0.5, 0.6) is 0 Å². The Hall–Kier alpha value is -1.04. The summed E-state index contributed by atoms with van der Waals surface area (Å²) in [6, 6.07) is 2.69. The third-order valence-corrected chi connectivity index (χ3v) is 2.97. The Morgan fingerprint density at radius 2 is 2.00 bits per heavy atom. The molecule has 0 aliphatic carbocycles. The fourth-order valence-electron chi connectivity index (χ4n) is 1.41. The maximum atomic E-state index is 10.9. The Morgan fingerprint density at radius 3 is 2.58 bits per heavy atom. The van der Waals surface area contributed by atoms with Crippen LogP contribution in [0.3, 0.4) is 0 Å². The van der Waals surface area contributed by atoms with E-state index in [9.17, 15) is 10.1 Å². The van der Waals surface area contributed by atoms with E-state index >= 15 is 0 Å². The molecule has 0 fully saturated rings. The molecule has 7 heteroatoms. The summed E-state index contributed by atoms with van der Waals surface area (Å²) >= 11 is 11.6. The Labute approximate surface area is 122 Å². The first-order valence-corrected chi connectivity index (χ1v) is 6.62. The molecule has 0 radical (unpaired) electrons. The molecule has 0 aliphatic heterocycles. The lowest BCUT2D eigenvalue weighted by atomic mass is 10.2. The molecule has 5 nitrogen and oxygen atoms in total. The number of nitro groups is 1. The van der Waals surface area contributed by atoms with Crippen LogP contribution >= 0.6 is 23.2 Å². The number of anilines is 1. The van der Waals surface area contributed by atoms with Gasteiger partial charge in [-0.25, -0.2) is 0 Å². The van der Waals surface area contributed by atoms with Crippen molar-refractivity contribution in [1.29, 1.82) is 0 Å². The second kappa shape index (κ2) is 7.53. The number of hydrogen-bond donors (Lipinski definition) is 1. The van der Waals surface area contributed by atoms with Crippen LogP contribution in [0.15, 0.2) is 12.1 Å². The number of halogens is 2. The van der Waals surface area contributed by atoms with E-state index in [1.54, 1.807) is 0 Å². The number of hydrogen-bond acceptors (Lipinski definition) is 4. The predicted octanol–water partition coefficient (Wildman–Crippen LogP) is 3.99. The van der Waals surface area contributed by atoms with Crippen LogP contribution in [0.1, 0.15) is 13.8 Å². The number of nitrogens with zero attached hydrogens (tertiary/aromatic N) is 1. The Kier molecular flexibility index (Phi) is 6.34. The van der Waals surface area contributed by atoms with E-state index in [0.29, 0.717) is 31.4 Å². The minimum absolute atomic E-state index is 0.0988. The highest BCUT2D eigenvalue weighted by Crippen LogP contribution is 2.33. The van der Waals surface area contributed by atoms with Gasteiger partial charge in [0.1, 0.15) is 5.69 Å². The van der Waals surface area contributed by atoms with E-state index < -0.39 is 4.92 Å². The summed E-state index contributed by atoms with van der Waals surface area (Å²) in [7, 11) is 0. The molecule has 19 heavy (non-hydrogen) atoms. The molecule has 0 saturated heterocycles. The fourth-order valence-corrected chi connectivity index (χ4v) is 1.73. The molecule has 0 atom stereocenters. The summed E-state index contributed by atoms with van der Waals surface area (Å²) in [5.41, 5.74) is 0.241. The van der Waals surface area contributed by atoms with Gasteiger partial charge >= 0.3 is 0 Å². The second-order valence-electron chi connectivity index (χ2n) is 4.44. The first-order chi connectivity index (χ1) is 8.91. The molecule has 0 spiro atoms. The lowest BCUT2D eigenvalue weighted by molar-refractivity contribution is -0.383. The first kappa shape index (κ1) is 16.0. The van der Waals surface area contributed by atoms with Crippen molar-refractivity contribution in [3.05, 3.63) is 32.3 Å². The molecular formula is C12H16Cl2N2O3. The van der Waals surface area contributed by atoms with E-state index in [4.69, 9.17) is 27.9 Å². The zero-order valence-corrected chi connectivity index (χ0v) is 12.3. The number of nitrogens with one attached hydrogen (secondary N) is 1. The number of rotatable bonds is 7. The van der Waals surface area contributed by atoms with Crippen LogP contribution in [-0.2, 0) is 4.74 Å². The van der Waals surface area contributed by atoms with E-state index in [1.807, 2.05) is 0 Å². The standard InChI is InChI=1S/C12H16Cl2N2O3/c1-8(2)7-19-4-3-15-11-5-9(13)10(14)6-12(11)16(17)18/h5-6,8,15H,3-4,7H2,1-2H3. The van der Waals surface area contributed by atoms with E-state index in [1.165, 1.54) is 12.1 Å². The number of ether oxygens (including phenoxy) is 1. The summed E-state index contributed by atoms with van der Waals surface area (Å²) in [5.74, 6) is 0.458. The van der Waals surface area contributed by atoms with Gasteiger partial charge in [0.15, 0.2) is 0 Å². The SMILES string of the molecule is CC(C)COCCNc1cc(Cl)c(Cl)cc1[N+](=O)[O-]. The lowest BCUT2D eigenvalue weighted by Gasteiger charge is -2.10. The molecule has 0 bridgehead atoms. The summed E-state index contributed by atoms with van der Waals surface area (Å²) in [6.07, 6.45) is 0. The topological polar surface area (TPSA) is 64.4 Å². The van der Waals surface area contributed by atoms with Gasteiger partial charge in [0.2, 0.25) is 0 Å². The molecule has 1 rings (SSSR count). The van der Waals surface area contributed by atoms with Gasteiger partial charge in [-0.05, 0) is 12.0 Å². The largest absolute Gasteiger partial charge is 0.379 e. The molecule has 0 amide bonds. The van der Waals surface area contributed by atoms with Gasteiger partial charge in [0.05, 0.1) is 21.6 Å². The van der Waals surface area contributed by atoms with Gasteiger partial charge in [0, 0.05) is 19.2 Å². The Bertz CT molecular complexity index is 453. The highest BCUT2D eigenvalue weighted by Gasteiger charge is 2.16. The van der Waals surface area contributed by atoms with Crippen LogP contribution in [0, 0.1) is 16.0 Å². The maximum absolute atomic E-state index is 10.9. The highest BCUT2D eigenvalue weighted by molar-refractivity contribution is 6.42. The summed E-state index contributed by atoms with van der Waals surface area (Å²) < 4.78 is 5.38. The smallest absolute Gasteiger partial charge is 0.293 e. The second-order valence-corrected chi connectivity index (χ2v) is 5.25. The molecule has 0 unspecified atom stereocenters. The van der Waals surface area contributed by atoms with E-state index in [-0.39, 0.29) is 15.7 Å². The van der Waals surface area contributed by atoms with Crippen molar-refractivity contribution < 1.29 is 9.66 Å². The quantitative estimate of drug-likeness (QED) is 0.470. The zero-order chi connectivity index (χ0) is 14.4. The number of benzene rings is 1. The average Bonchev–Trinajstić information content (AvgIpc) is 2.32. The van der Waals surface area contributed by atoms with Crippen molar-refractivity contribution in [2.45, 2.75) is 13.8 Å². The van der Waals surface area contributed by atoms with Crippen molar-refractivity contribution in [2.24, 2.45) is 5.92 Å². The molecule has 0 aromatic heterocycles. The summed E-state index contributed by atoms with van der Waals surface area (Å²) in [4.78, 5) is 10.4. The van der Waals surface area contributed by atoms with Gasteiger partial charge in [-0.3, -0.25) is 10.1 Å². The normalized spacial score (nSPS) is 10.8. The predicted molar refractivity (Wildman–Crippen MR) is 77.3 cm³/mol. The van der Waals surface area contributed by atoms with E-state index in [0.717, 1.165) is 0 Å². The van der Waals surface area contributed by atoms with E-state index in [2.05, 4.69) is 19.2 Å². The molecule has 0 heterocycles. The molecule has 1 aromatic carbocycles. The lowest BCUT2D eigenvalue weighted by Crippen LogP contribution is -2.13. The molecule has 1 N–H and O–H groups in total. The zero-order valence-electron chi connectivity index (χ0n) is 10.8. The fraction of sp³-hybridized carbons (Fsp3) is 0.500. The van der Waals surface area contributed by atoms with Crippen molar-refractivity contribution in [2.75, 3.05) is 25.1 Å². The third kappa shape index (κ3) is 5.22. The number of nitro benzene ring substituents is 1. The van der Waals surface area contributed by atoms with Crippen LogP contribution in [0.4, 0.5) is 11.4 Å². The van der Waals surface area contributed by atoms with Crippen molar-refractivity contribution in [3.63, 3.8) is 0 Å². The minimum Gasteiger partial charge on any atom is -0.379 e. The molecule has 106 valence electrons. The van der Waals surface area contributed by atoms with Crippen LogP contribution in [-0.4, -0.2) is 24.7 Å². The Morgan fingerprint density at radius 1 is 1.37 bits per heavy atom. The minimum atomic E-state index is -0.500. The van der Waals surface area contributed by atoms with Gasteiger partial charge in [-0.15, -0.1) is 0 Å². The van der Waals surface area contributed by atoms with Gasteiger partial charge < -0.3 is 10.1 Å². The molecular weight excluding hydrogens is 291 g/mol. The van der Waals surface area contributed by atoms with Gasteiger partial charge in [-0.1, -0.05) is 37.0 Å². The monoisotopic (exact) mass is 306 g/mol. The molecule has 0 aliphatic rings. The highest BCUT2D eigenvalue weighted by atomic mass is 35.5. The average molecular weight is 307 g/mol. The van der Waals surface area contributed by atoms with Crippen molar-refractivity contribution in [1.82, 2.24) is 0 Å². The van der Waals surface area contributed by atoms with Crippen LogP contribution in [0.25, 0.3) is 0 Å². The summed E-state index contributed by atoms with van der Waals surface area (Å²) in [6.45, 7) is 5.70. The maximum Gasteiger partial charge on any atom is 0.293 e. The summed E-state index contributed by atoms with van der Waals surface area (Å²) in [5, 5.41) is 14.3. The van der Waals surface area contributed by atoms with Gasteiger partial charge in [0.25, 0.3) is 5.69 Å².